The van der Waals surface area contributed by atoms with E-state index in [1.807, 2.05) is 18.2 Å². The number of rotatable bonds is 2. The Morgan fingerprint density at radius 3 is 3.00 bits per heavy atom. The van der Waals surface area contributed by atoms with Gasteiger partial charge in [0.1, 0.15) is 5.82 Å². The zero-order valence-electron chi connectivity index (χ0n) is 11.5. The van der Waals surface area contributed by atoms with E-state index >= 15 is 0 Å². The zero-order chi connectivity index (χ0) is 13.6. The van der Waals surface area contributed by atoms with E-state index in [1.54, 1.807) is 0 Å². The fourth-order valence-electron chi connectivity index (χ4n) is 3.05. The van der Waals surface area contributed by atoms with Crippen LogP contribution in [-0.2, 0) is 0 Å². The van der Waals surface area contributed by atoms with E-state index in [0.717, 1.165) is 35.7 Å². The Balaban J connectivity index is 2.02. The second kappa shape index (κ2) is 4.54. The fourth-order valence-corrected chi connectivity index (χ4v) is 3.05. The molecule has 0 saturated heterocycles. The van der Waals surface area contributed by atoms with Crippen LogP contribution < -0.4 is 15.5 Å². The van der Waals surface area contributed by atoms with E-state index in [4.69, 9.17) is 0 Å². The summed E-state index contributed by atoms with van der Waals surface area (Å²) in [5.74, 6) is 0.903. The molecule has 0 amide bonds. The summed E-state index contributed by atoms with van der Waals surface area (Å²) in [5, 5.41) is 17.4. The van der Waals surface area contributed by atoms with Crippen LogP contribution in [-0.4, -0.2) is 23.7 Å². The van der Waals surface area contributed by atoms with Crippen LogP contribution >= 0.6 is 0 Å². The van der Waals surface area contributed by atoms with Crippen LogP contribution in [0.3, 0.4) is 0 Å². The van der Waals surface area contributed by atoms with Gasteiger partial charge in [-0.25, -0.2) is 0 Å². The highest BCUT2D eigenvalue weighted by Crippen LogP contribution is 2.44. The summed E-state index contributed by atoms with van der Waals surface area (Å²) >= 11 is 0. The maximum atomic E-state index is 10.7. The molecule has 102 valence electrons. The highest BCUT2D eigenvalue weighted by atomic mass is 16.3. The average Bonchev–Trinajstić information content (AvgIpc) is 2.61. The van der Waals surface area contributed by atoms with Crippen LogP contribution in [0.15, 0.2) is 30.6 Å². The summed E-state index contributed by atoms with van der Waals surface area (Å²) in [5.41, 5.74) is 3.12. The summed E-state index contributed by atoms with van der Waals surface area (Å²) in [7, 11) is 0. The number of para-hydroxylation sites is 1. The molecule has 0 bridgehead atoms. The normalized spacial score (nSPS) is 25.3. The third kappa shape index (κ3) is 2.01. The van der Waals surface area contributed by atoms with Crippen molar-refractivity contribution < 1.29 is 5.11 Å². The number of aliphatic hydroxyl groups excluding tert-OH is 1. The Labute approximate surface area is 114 Å². The maximum absolute atomic E-state index is 10.7. The van der Waals surface area contributed by atoms with Crippen LogP contribution in [0.5, 0.6) is 0 Å². The summed E-state index contributed by atoms with van der Waals surface area (Å²) in [6.45, 7) is 9.15. The number of hydrogen-bond donors (Lipinski definition) is 3. The highest BCUT2D eigenvalue weighted by molar-refractivity contribution is 5.84. The van der Waals surface area contributed by atoms with E-state index in [2.05, 4.69) is 36.0 Å². The van der Waals surface area contributed by atoms with E-state index in [1.165, 1.54) is 0 Å². The number of nitrogens with zero attached hydrogens (tertiary/aromatic N) is 1. The fraction of sp³-hybridized carbons (Fsp3) is 0.467. The molecule has 0 fully saturated rings. The van der Waals surface area contributed by atoms with Gasteiger partial charge in [-0.1, -0.05) is 32.6 Å². The number of anilines is 2. The molecule has 0 unspecified atom stereocenters. The van der Waals surface area contributed by atoms with Gasteiger partial charge in [0.25, 0.3) is 0 Å². The molecule has 1 aromatic carbocycles. The molecule has 0 radical (unpaired) electrons. The molecule has 3 N–H and O–H groups in total. The van der Waals surface area contributed by atoms with Crippen LogP contribution in [0.2, 0.25) is 0 Å². The number of nitrogens with one attached hydrogen (secondary N) is 2. The van der Waals surface area contributed by atoms with Gasteiger partial charge in [-0.2, -0.15) is 0 Å². The molecular weight excluding hydrogens is 238 g/mol. The Morgan fingerprint density at radius 1 is 1.47 bits per heavy atom. The minimum absolute atomic E-state index is 0.0879. The molecule has 0 spiro atoms. The molecular formula is C15H21N3O. The molecule has 0 aliphatic carbocycles. The third-order valence-corrected chi connectivity index (χ3v) is 3.85. The summed E-state index contributed by atoms with van der Waals surface area (Å²) < 4.78 is 0. The highest BCUT2D eigenvalue weighted by Gasteiger charge is 2.34. The zero-order valence-corrected chi connectivity index (χ0v) is 11.5. The lowest BCUT2D eigenvalue weighted by atomic mass is 9.99. The Kier molecular flexibility index (Phi) is 2.99. The van der Waals surface area contributed by atoms with Crippen molar-refractivity contribution in [2.45, 2.75) is 38.5 Å². The lowest BCUT2D eigenvalue weighted by Gasteiger charge is -2.25. The van der Waals surface area contributed by atoms with Crippen molar-refractivity contribution in [3.05, 3.63) is 36.2 Å². The van der Waals surface area contributed by atoms with E-state index in [-0.39, 0.29) is 6.04 Å². The number of aliphatic hydroxyl groups is 1. The van der Waals surface area contributed by atoms with Gasteiger partial charge in [-0.05, 0) is 12.5 Å². The predicted molar refractivity (Wildman–Crippen MR) is 78.2 cm³/mol. The smallest absolute Gasteiger partial charge is 0.103 e. The Hall–Kier alpha value is -1.52. The first kappa shape index (κ1) is 12.5. The van der Waals surface area contributed by atoms with Crippen molar-refractivity contribution in [2.75, 3.05) is 16.8 Å². The van der Waals surface area contributed by atoms with Gasteiger partial charge in [0.05, 0.1) is 17.5 Å². The maximum Gasteiger partial charge on any atom is 0.103 e. The lowest BCUT2D eigenvalue weighted by Crippen LogP contribution is -2.40. The molecule has 4 heteroatoms. The third-order valence-electron chi connectivity index (χ3n) is 3.85. The summed E-state index contributed by atoms with van der Waals surface area (Å²) in [4.78, 5) is 2.18. The molecule has 1 aromatic rings. The first-order valence-electron chi connectivity index (χ1n) is 6.88. The van der Waals surface area contributed by atoms with Crippen molar-refractivity contribution in [3.8, 4) is 0 Å². The van der Waals surface area contributed by atoms with Crippen molar-refractivity contribution in [1.29, 1.82) is 0 Å². The number of hydrogen-bond acceptors (Lipinski definition) is 4. The quantitative estimate of drug-likeness (QED) is 0.762. The second-order valence-electron chi connectivity index (χ2n) is 5.63. The van der Waals surface area contributed by atoms with E-state index in [0.29, 0.717) is 6.04 Å². The topological polar surface area (TPSA) is 47.5 Å². The first-order valence-corrected chi connectivity index (χ1v) is 6.88. The van der Waals surface area contributed by atoms with Crippen LogP contribution in [0.4, 0.5) is 11.4 Å². The van der Waals surface area contributed by atoms with Gasteiger partial charge in [0.15, 0.2) is 0 Å². The van der Waals surface area contributed by atoms with Crippen LogP contribution in [0, 0.1) is 0 Å². The van der Waals surface area contributed by atoms with Crippen LogP contribution in [0.1, 0.15) is 31.9 Å². The molecule has 0 aromatic heterocycles. The number of benzene rings is 1. The summed E-state index contributed by atoms with van der Waals surface area (Å²) in [6.07, 6.45) is 0.420. The molecule has 2 atom stereocenters. The molecule has 3 rings (SSSR count). The largest absolute Gasteiger partial charge is 0.387 e. The molecule has 19 heavy (non-hydrogen) atoms. The van der Waals surface area contributed by atoms with Gasteiger partial charge in [-0.3, -0.25) is 0 Å². The molecule has 2 heterocycles. The lowest BCUT2D eigenvalue weighted by molar-refractivity contribution is 0.123. The van der Waals surface area contributed by atoms with Crippen molar-refractivity contribution in [2.24, 2.45) is 0 Å². The van der Waals surface area contributed by atoms with Gasteiger partial charge < -0.3 is 20.6 Å². The first-order chi connectivity index (χ1) is 9.08. The predicted octanol–water partition coefficient (Wildman–Crippen LogP) is 2.19. The molecule has 4 nitrogen and oxygen atoms in total. The molecule has 0 saturated carbocycles. The van der Waals surface area contributed by atoms with Gasteiger partial charge in [0, 0.05) is 24.2 Å². The van der Waals surface area contributed by atoms with Crippen molar-refractivity contribution in [1.82, 2.24) is 5.32 Å². The molecule has 2 aliphatic heterocycles. The Bertz CT molecular complexity index is 512. The average molecular weight is 259 g/mol. The Morgan fingerprint density at radius 2 is 2.26 bits per heavy atom. The summed E-state index contributed by atoms with van der Waals surface area (Å²) in [6, 6.07) is 6.48. The van der Waals surface area contributed by atoms with E-state index in [9.17, 15) is 5.11 Å². The van der Waals surface area contributed by atoms with E-state index < -0.39 is 6.10 Å². The molecule has 2 aliphatic rings. The van der Waals surface area contributed by atoms with Gasteiger partial charge in [0.2, 0.25) is 0 Å². The van der Waals surface area contributed by atoms with Crippen molar-refractivity contribution in [3.63, 3.8) is 0 Å². The standard InChI is InChI=1S/C15H21N3O/c1-9(2)16-13-7-8-18-10(3)17-12-6-4-5-11(14(12)18)15(13)19/h4-6,9,13,15-17,19H,3,7-8H2,1-2H3/t13-,15-/m0/s1. The van der Waals surface area contributed by atoms with Gasteiger partial charge in [-0.15, -0.1) is 0 Å². The monoisotopic (exact) mass is 259 g/mol. The SMILES string of the molecule is C=C1Nc2cccc3c2N1CC[C@H](NC(C)C)[C@H]3O. The minimum atomic E-state index is -0.477. The van der Waals surface area contributed by atoms with Crippen molar-refractivity contribution >= 4 is 11.4 Å². The minimum Gasteiger partial charge on any atom is -0.387 e. The second-order valence-corrected chi connectivity index (χ2v) is 5.63. The van der Waals surface area contributed by atoms with Crippen LogP contribution in [0.25, 0.3) is 0 Å². The van der Waals surface area contributed by atoms with Gasteiger partial charge >= 0.3 is 0 Å².